The minimum atomic E-state index is -3.86. The Balaban J connectivity index is 1.73. The van der Waals surface area contributed by atoms with Crippen molar-refractivity contribution in [2.75, 3.05) is 5.32 Å². The number of hydrogen-bond donors (Lipinski definition) is 2. The standard InChI is InChI=1S/C18H18N4O3S2/c1-12-8-6-7-11-15(12)13(2)22-27(24,25)18-21-20-17(26-18)19-16(23)14-9-4-3-5-10-14/h3-11,13,22H,1-2H3,(H,19,20,23)/t13-/m0/s1. The van der Waals surface area contributed by atoms with Crippen LogP contribution in [-0.2, 0) is 10.0 Å². The molecule has 1 atom stereocenters. The molecule has 0 aliphatic rings. The smallest absolute Gasteiger partial charge is 0.270 e. The van der Waals surface area contributed by atoms with Crippen molar-refractivity contribution in [3.05, 3.63) is 71.3 Å². The van der Waals surface area contributed by atoms with E-state index in [4.69, 9.17) is 0 Å². The molecule has 2 aromatic carbocycles. The Kier molecular flexibility index (Phi) is 5.64. The second kappa shape index (κ2) is 7.95. The van der Waals surface area contributed by atoms with E-state index in [0.717, 1.165) is 22.5 Å². The molecule has 3 aromatic rings. The lowest BCUT2D eigenvalue weighted by molar-refractivity contribution is 0.102. The van der Waals surface area contributed by atoms with Gasteiger partial charge in [-0.05, 0) is 37.1 Å². The van der Waals surface area contributed by atoms with Gasteiger partial charge in [-0.15, -0.1) is 10.2 Å². The second-order valence-corrected chi connectivity index (χ2v) is 8.76. The first-order chi connectivity index (χ1) is 12.9. The van der Waals surface area contributed by atoms with Crippen LogP contribution in [0.15, 0.2) is 58.9 Å². The molecule has 0 aliphatic heterocycles. The molecule has 2 N–H and O–H groups in total. The van der Waals surface area contributed by atoms with Gasteiger partial charge in [-0.1, -0.05) is 53.8 Å². The van der Waals surface area contributed by atoms with Crippen molar-refractivity contribution in [1.29, 1.82) is 0 Å². The Morgan fingerprint density at radius 3 is 2.41 bits per heavy atom. The van der Waals surface area contributed by atoms with Gasteiger partial charge < -0.3 is 0 Å². The second-order valence-electron chi connectivity index (χ2n) is 5.89. The maximum atomic E-state index is 12.6. The zero-order valence-corrected chi connectivity index (χ0v) is 16.3. The zero-order valence-electron chi connectivity index (χ0n) is 14.7. The Labute approximate surface area is 161 Å². The van der Waals surface area contributed by atoms with E-state index in [2.05, 4.69) is 20.2 Å². The first-order valence-corrected chi connectivity index (χ1v) is 10.4. The van der Waals surface area contributed by atoms with Crippen LogP contribution < -0.4 is 10.0 Å². The van der Waals surface area contributed by atoms with Crippen LogP contribution in [0.3, 0.4) is 0 Å². The predicted molar refractivity (Wildman–Crippen MR) is 104 cm³/mol. The number of benzene rings is 2. The van der Waals surface area contributed by atoms with Crippen LogP contribution in [0.2, 0.25) is 0 Å². The van der Waals surface area contributed by atoms with E-state index in [9.17, 15) is 13.2 Å². The molecule has 0 spiro atoms. The molecule has 0 unspecified atom stereocenters. The normalized spacial score (nSPS) is 12.5. The van der Waals surface area contributed by atoms with Crippen molar-refractivity contribution in [3.8, 4) is 0 Å². The van der Waals surface area contributed by atoms with Crippen LogP contribution in [0, 0.1) is 6.92 Å². The van der Waals surface area contributed by atoms with E-state index in [0.29, 0.717) is 5.56 Å². The topological polar surface area (TPSA) is 101 Å². The number of sulfonamides is 1. The van der Waals surface area contributed by atoms with Gasteiger partial charge in [-0.3, -0.25) is 10.1 Å². The van der Waals surface area contributed by atoms with Gasteiger partial charge in [0.25, 0.3) is 15.9 Å². The molecule has 0 fully saturated rings. The van der Waals surface area contributed by atoms with Crippen LogP contribution in [-0.4, -0.2) is 24.5 Å². The Hall–Kier alpha value is -2.62. The van der Waals surface area contributed by atoms with E-state index in [1.165, 1.54) is 0 Å². The van der Waals surface area contributed by atoms with Crippen LogP contribution in [0.5, 0.6) is 0 Å². The number of nitrogens with zero attached hydrogens (tertiary/aromatic N) is 2. The highest BCUT2D eigenvalue weighted by Gasteiger charge is 2.24. The van der Waals surface area contributed by atoms with E-state index >= 15 is 0 Å². The summed E-state index contributed by atoms with van der Waals surface area (Å²) < 4.78 is 27.6. The molecule has 1 aromatic heterocycles. The number of hydrogen-bond acceptors (Lipinski definition) is 6. The summed E-state index contributed by atoms with van der Waals surface area (Å²) in [6, 6.07) is 15.7. The predicted octanol–water partition coefficient (Wildman–Crippen LogP) is 3.14. The number of amides is 1. The average Bonchev–Trinajstić information content (AvgIpc) is 3.12. The van der Waals surface area contributed by atoms with Gasteiger partial charge in [0.05, 0.1) is 0 Å². The zero-order chi connectivity index (χ0) is 19.4. The monoisotopic (exact) mass is 402 g/mol. The van der Waals surface area contributed by atoms with Crippen molar-refractivity contribution < 1.29 is 13.2 Å². The van der Waals surface area contributed by atoms with Crippen molar-refractivity contribution in [1.82, 2.24) is 14.9 Å². The van der Waals surface area contributed by atoms with Gasteiger partial charge in [0.15, 0.2) is 0 Å². The lowest BCUT2D eigenvalue weighted by Crippen LogP contribution is -2.27. The highest BCUT2D eigenvalue weighted by Crippen LogP contribution is 2.24. The molecular formula is C18H18N4O3S2. The fraction of sp³-hybridized carbons (Fsp3) is 0.167. The lowest BCUT2D eigenvalue weighted by Gasteiger charge is -2.15. The first-order valence-electron chi connectivity index (χ1n) is 8.14. The van der Waals surface area contributed by atoms with E-state index in [1.807, 2.05) is 31.2 Å². The largest absolute Gasteiger partial charge is 0.296 e. The van der Waals surface area contributed by atoms with Crippen molar-refractivity contribution >= 4 is 32.4 Å². The lowest BCUT2D eigenvalue weighted by atomic mass is 10.0. The van der Waals surface area contributed by atoms with Gasteiger partial charge in [0.2, 0.25) is 9.47 Å². The van der Waals surface area contributed by atoms with Crippen LogP contribution in [0.4, 0.5) is 5.13 Å². The first kappa shape index (κ1) is 19.2. The molecule has 140 valence electrons. The minimum Gasteiger partial charge on any atom is -0.296 e. The summed E-state index contributed by atoms with van der Waals surface area (Å²) in [5.41, 5.74) is 2.31. The summed E-state index contributed by atoms with van der Waals surface area (Å²) in [5.74, 6) is -0.378. The summed E-state index contributed by atoms with van der Waals surface area (Å²) in [4.78, 5) is 12.1. The number of rotatable bonds is 6. The van der Waals surface area contributed by atoms with E-state index in [-0.39, 0.29) is 15.4 Å². The molecule has 0 saturated carbocycles. The third kappa shape index (κ3) is 4.57. The number of anilines is 1. The Bertz CT molecular complexity index is 1050. The summed E-state index contributed by atoms with van der Waals surface area (Å²) in [7, 11) is -3.86. The Morgan fingerprint density at radius 2 is 1.70 bits per heavy atom. The van der Waals surface area contributed by atoms with Crippen LogP contribution in [0.25, 0.3) is 0 Å². The third-order valence-electron chi connectivity index (χ3n) is 3.88. The highest BCUT2D eigenvalue weighted by atomic mass is 32.2. The van der Waals surface area contributed by atoms with Gasteiger partial charge in [0.1, 0.15) is 0 Å². The summed E-state index contributed by atoms with van der Waals surface area (Å²) in [5, 5.41) is 10.1. The highest BCUT2D eigenvalue weighted by molar-refractivity contribution is 7.91. The quantitative estimate of drug-likeness (QED) is 0.617. The SMILES string of the molecule is Cc1ccccc1[C@H](C)NS(=O)(=O)c1nnc(NC(=O)c2ccccc2)s1. The average molecular weight is 403 g/mol. The molecule has 0 bridgehead atoms. The molecular weight excluding hydrogens is 384 g/mol. The fourth-order valence-corrected chi connectivity index (χ4v) is 4.68. The van der Waals surface area contributed by atoms with Crippen molar-refractivity contribution in [2.24, 2.45) is 0 Å². The van der Waals surface area contributed by atoms with Crippen LogP contribution in [0.1, 0.15) is 34.5 Å². The van der Waals surface area contributed by atoms with Crippen molar-refractivity contribution in [2.45, 2.75) is 24.2 Å². The molecule has 1 amide bonds. The maximum Gasteiger partial charge on any atom is 0.270 e. The minimum absolute atomic E-state index is 0.118. The fourth-order valence-electron chi connectivity index (χ4n) is 2.55. The summed E-state index contributed by atoms with van der Waals surface area (Å²) >= 11 is 0.800. The van der Waals surface area contributed by atoms with Gasteiger partial charge in [0, 0.05) is 11.6 Å². The molecule has 0 saturated heterocycles. The molecule has 7 nitrogen and oxygen atoms in total. The number of nitrogens with one attached hydrogen (secondary N) is 2. The molecule has 9 heteroatoms. The molecule has 1 heterocycles. The van der Waals surface area contributed by atoms with Gasteiger partial charge in [-0.25, -0.2) is 13.1 Å². The van der Waals surface area contributed by atoms with E-state index < -0.39 is 16.1 Å². The number of carbonyl (C=O) groups excluding carboxylic acids is 1. The maximum absolute atomic E-state index is 12.6. The molecule has 0 radical (unpaired) electrons. The van der Waals surface area contributed by atoms with E-state index in [1.54, 1.807) is 37.3 Å². The molecule has 3 rings (SSSR count). The van der Waals surface area contributed by atoms with Crippen molar-refractivity contribution in [3.63, 3.8) is 0 Å². The number of aromatic nitrogens is 2. The van der Waals surface area contributed by atoms with Gasteiger partial charge in [-0.2, -0.15) is 0 Å². The van der Waals surface area contributed by atoms with Gasteiger partial charge >= 0.3 is 0 Å². The third-order valence-corrected chi connectivity index (χ3v) is 6.63. The summed E-state index contributed by atoms with van der Waals surface area (Å²) in [6.07, 6.45) is 0. The summed E-state index contributed by atoms with van der Waals surface area (Å²) in [6.45, 7) is 3.68. The molecule has 0 aliphatic carbocycles. The van der Waals surface area contributed by atoms with Crippen LogP contribution >= 0.6 is 11.3 Å². The number of carbonyl (C=O) groups is 1. The number of aryl methyl sites for hydroxylation is 1. The molecule has 27 heavy (non-hydrogen) atoms. The Morgan fingerprint density at radius 1 is 1.04 bits per heavy atom.